The zero-order valence-electron chi connectivity index (χ0n) is 11.1. The summed E-state index contributed by atoms with van der Waals surface area (Å²) in [5, 5.41) is 8.98. The summed E-state index contributed by atoms with van der Waals surface area (Å²) in [5.41, 5.74) is 1.91. The SMILES string of the molecule is CCC1(C)CCN(Cc2cccc(C(=O)O)c2)C1. The lowest BCUT2D eigenvalue weighted by Gasteiger charge is -2.22. The zero-order valence-corrected chi connectivity index (χ0v) is 11.1. The van der Waals surface area contributed by atoms with Crippen LogP contribution in [-0.2, 0) is 6.54 Å². The van der Waals surface area contributed by atoms with Crippen molar-refractivity contribution in [2.75, 3.05) is 13.1 Å². The maximum Gasteiger partial charge on any atom is 0.335 e. The molecule has 2 rings (SSSR count). The van der Waals surface area contributed by atoms with Crippen LogP contribution in [0.2, 0.25) is 0 Å². The van der Waals surface area contributed by atoms with E-state index in [0.29, 0.717) is 11.0 Å². The van der Waals surface area contributed by atoms with Crippen LogP contribution in [0.25, 0.3) is 0 Å². The monoisotopic (exact) mass is 247 g/mol. The first-order chi connectivity index (χ1) is 8.52. The number of nitrogens with zero attached hydrogens (tertiary/aromatic N) is 1. The predicted octanol–water partition coefficient (Wildman–Crippen LogP) is 3.01. The molecule has 1 N–H and O–H groups in total. The fraction of sp³-hybridized carbons (Fsp3) is 0.533. The number of hydrogen-bond donors (Lipinski definition) is 1. The third-order valence-corrected chi connectivity index (χ3v) is 4.07. The lowest BCUT2D eigenvalue weighted by atomic mass is 9.87. The molecule has 0 aromatic heterocycles. The van der Waals surface area contributed by atoms with Gasteiger partial charge < -0.3 is 5.11 Å². The Morgan fingerprint density at radius 1 is 1.50 bits per heavy atom. The van der Waals surface area contributed by atoms with Gasteiger partial charge in [0, 0.05) is 13.1 Å². The summed E-state index contributed by atoms with van der Waals surface area (Å²) in [6.07, 6.45) is 2.45. The number of hydrogen-bond acceptors (Lipinski definition) is 2. The molecular weight excluding hydrogens is 226 g/mol. The van der Waals surface area contributed by atoms with Gasteiger partial charge in [0.2, 0.25) is 0 Å². The predicted molar refractivity (Wildman–Crippen MR) is 71.7 cm³/mol. The van der Waals surface area contributed by atoms with Gasteiger partial charge in [0.25, 0.3) is 0 Å². The molecule has 0 radical (unpaired) electrons. The molecule has 1 unspecified atom stereocenters. The van der Waals surface area contributed by atoms with Gasteiger partial charge in [-0.25, -0.2) is 4.79 Å². The Balaban J connectivity index is 2.02. The van der Waals surface area contributed by atoms with E-state index in [9.17, 15) is 4.79 Å². The van der Waals surface area contributed by atoms with Gasteiger partial charge in [0.15, 0.2) is 0 Å². The van der Waals surface area contributed by atoms with Crippen molar-refractivity contribution < 1.29 is 9.90 Å². The quantitative estimate of drug-likeness (QED) is 0.889. The van der Waals surface area contributed by atoms with Gasteiger partial charge in [0.05, 0.1) is 5.56 Å². The number of carboxylic acids is 1. The van der Waals surface area contributed by atoms with Gasteiger partial charge >= 0.3 is 5.97 Å². The van der Waals surface area contributed by atoms with Crippen molar-refractivity contribution in [3.8, 4) is 0 Å². The Kier molecular flexibility index (Phi) is 3.71. The summed E-state index contributed by atoms with van der Waals surface area (Å²) < 4.78 is 0. The summed E-state index contributed by atoms with van der Waals surface area (Å²) in [5.74, 6) is -0.850. The number of benzene rings is 1. The molecule has 0 spiro atoms. The molecule has 18 heavy (non-hydrogen) atoms. The first kappa shape index (κ1) is 13.1. The van der Waals surface area contributed by atoms with Crippen LogP contribution in [0.5, 0.6) is 0 Å². The number of aromatic carboxylic acids is 1. The van der Waals surface area contributed by atoms with E-state index in [1.807, 2.05) is 12.1 Å². The smallest absolute Gasteiger partial charge is 0.335 e. The van der Waals surface area contributed by atoms with Crippen molar-refractivity contribution >= 4 is 5.97 Å². The van der Waals surface area contributed by atoms with Crippen LogP contribution in [0.3, 0.4) is 0 Å². The van der Waals surface area contributed by atoms with Crippen LogP contribution >= 0.6 is 0 Å². The van der Waals surface area contributed by atoms with Crippen LogP contribution in [0.4, 0.5) is 0 Å². The molecule has 98 valence electrons. The third kappa shape index (κ3) is 2.91. The normalized spacial score (nSPS) is 24.3. The Bertz CT molecular complexity index is 444. The number of rotatable bonds is 4. The van der Waals surface area contributed by atoms with Crippen molar-refractivity contribution in [2.45, 2.75) is 33.2 Å². The lowest BCUT2D eigenvalue weighted by molar-refractivity contribution is 0.0696. The minimum atomic E-state index is -0.850. The average molecular weight is 247 g/mol. The van der Waals surface area contributed by atoms with E-state index in [0.717, 1.165) is 25.2 Å². The second-order valence-electron chi connectivity index (χ2n) is 5.63. The summed E-state index contributed by atoms with van der Waals surface area (Å²) in [6.45, 7) is 7.66. The first-order valence-corrected chi connectivity index (χ1v) is 6.57. The molecule has 1 aromatic carbocycles. The minimum Gasteiger partial charge on any atom is -0.478 e. The fourth-order valence-electron chi connectivity index (χ4n) is 2.61. The van der Waals surface area contributed by atoms with Gasteiger partial charge in [-0.2, -0.15) is 0 Å². The third-order valence-electron chi connectivity index (χ3n) is 4.07. The van der Waals surface area contributed by atoms with E-state index in [1.165, 1.54) is 12.8 Å². The van der Waals surface area contributed by atoms with Crippen molar-refractivity contribution in [3.05, 3.63) is 35.4 Å². The van der Waals surface area contributed by atoms with E-state index >= 15 is 0 Å². The van der Waals surface area contributed by atoms with Crippen molar-refractivity contribution in [2.24, 2.45) is 5.41 Å². The van der Waals surface area contributed by atoms with Gasteiger partial charge in [0.1, 0.15) is 0 Å². The zero-order chi connectivity index (χ0) is 13.2. The molecule has 0 saturated carbocycles. The van der Waals surface area contributed by atoms with Crippen LogP contribution in [0, 0.1) is 5.41 Å². The topological polar surface area (TPSA) is 40.5 Å². The van der Waals surface area contributed by atoms with E-state index in [-0.39, 0.29) is 0 Å². The summed E-state index contributed by atoms with van der Waals surface area (Å²) >= 11 is 0. The van der Waals surface area contributed by atoms with Crippen molar-refractivity contribution in [1.82, 2.24) is 4.90 Å². The largest absolute Gasteiger partial charge is 0.478 e. The number of likely N-dealkylation sites (tertiary alicyclic amines) is 1. The van der Waals surface area contributed by atoms with Crippen LogP contribution in [0.15, 0.2) is 24.3 Å². The Hall–Kier alpha value is -1.35. The molecule has 3 heteroatoms. The molecule has 1 atom stereocenters. The lowest BCUT2D eigenvalue weighted by Crippen LogP contribution is -2.24. The maximum absolute atomic E-state index is 10.9. The van der Waals surface area contributed by atoms with E-state index < -0.39 is 5.97 Å². The second-order valence-corrected chi connectivity index (χ2v) is 5.63. The van der Waals surface area contributed by atoms with E-state index in [4.69, 9.17) is 5.11 Å². The maximum atomic E-state index is 10.9. The molecule has 0 amide bonds. The first-order valence-electron chi connectivity index (χ1n) is 6.57. The van der Waals surface area contributed by atoms with Gasteiger partial charge in [-0.05, 0) is 42.5 Å². The highest BCUT2D eigenvalue weighted by Crippen LogP contribution is 2.33. The fourth-order valence-corrected chi connectivity index (χ4v) is 2.61. The van der Waals surface area contributed by atoms with Crippen molar-refractivity contribution in [1.29, 1.82) is 0 Å². The summed E-state index contributed by atoms with van der Waals surface area (Å²) in [4.78, 5) is 13.3. The number of carboxylic acid groups (broad SMARTS) is 1. The Morgan fingerprint density at radius 3 is 2.89 bits per heavy atom. The van der Waals surface area contributed by atoms with Crippen molar-refractivity contribution in [3.63, 3.8) is 0 Å². The minimum absolute atomic E-state index is 0.380. The van der Waals surface area contributed by atoms with Gasteiger partial charge in [-0.3, -0.25) is 4.90 Å². The van der Waals surface area contributed by atoms with Crippen LogP contribution in [-0.4, -0.2) is 29.1 Å². The molecule has 3 nitrogen and oxygen atoms in total. The van der Waals surface area contributed by atoms with Crippen LogP contribution in [0.1, 0.15) is 42.6 Å². The van der Waals surface area contributed by atoms with E-state index in [2.05, 4.69) is 18.7 Å². The number of carbonyl (C=O) groups is 1. The summed E-state index contributed by atoms with van der Waals surface area (Å²) in [6, 6.07) is 7.26. The summed E-state index contributed by atoms with van der Waals surface area (Å²) in [7, 11) is 0. The molecule has 1 aliphatic heterocycles. The molecule has 1 heterocycles. The van der Waals surface area contributed by atoms with Gasteiger partial charge in [-0.15, -0.1) is 0 Å². The van der Waals surface area contributed by atoms with Gasteiger partial charge in [-0.1, -0.05) is 26.0 Å². The Labute approximate surface area is 108 Å². The molecule has 0 aliphatic carbocycles. The molecule has 0 bridgehead atoms. The highest BCUT2D eigenvalue weighted by Gasteiger charge is 2.31. The molecule has 1 aromatic rings. The molecule has 1 aliphatic rings. The second kappa shape index (κ2) is 5.11. The molecule has 1 fully saturated rings. The highest BCUT2D eigenvalue weighted by atomic mass is 16.4. The standard InChI is InChI=1S/C15H21NO2/c1-3-15(2)7-8-16(11-15)10-12-5-4-6-13(9-12)14(17)18/h4-6,9H,3,7-8,10-11H2,1-2H3,(H,17,18). The molecular formula is C15H21NO2. The Morgan fingerprint density at radius 2 is 2.28 bits per heavy atom. The van der Waals surface area contributed by atoms with E-state index in [1.54, 1.807) is 12.1 Å². The average Bonchev–Trinajstić information content (AvgIpc) is 2.72. The molecule has 1 saturated heterocycles. The highest BCUT2D eigenvalue weighted by molar-refractivity contribution is 5.87. The van der Waals surface area contributed by atoms with Crippen LogP contribution < -0.4 is 0 Å².